The Labute approximate surface area is 82.3 Å². The van der Waals surface area contributed by atoms with E-state index >= 15 is 0 Å². The summed E-state index contributed by atoms with van der Waals surface area (Å²) in [6.07, 6.45) is -0.995. The standard InChI is InChI=1S/C9H14O5/c1-5(7-3-11-7)13-9(10)14-6(2)8-4-12-8/h5-8H,3-4H2,1-2H3. The molecule has 0 bridgehead atoms. The summed E-state index contributed by atoms with van der Waals surface area (Å²) in [6.45, 7) is 4.90. The Balaban J connectivity index is 1.66. The van der Waals surface area contributed by atoms with Crippen molar-refractivity contribution in [3.05, 3.63) is 0 Å². The van der Waals surface area contributed by atoms with Crippen molar-refractivity contribution >= 4 is 6.16 Å². The fraction of sp³-hybridized carbons (Fsp3) is 0.889. The normalized spacial score (nSPS) is 33.0. The lowest BCUT2D eigenvalue weighted by molar-refractivity contribution is -0.00557. The highest BCUT2D eigenvalue weighted by Crippen LogP contribution is 2.19. The molecule has 5 nitrogen and oxygen atoms in total. The number of ether oxygens (including phenoxy) is 4. The predicted molar refractivity (Wildman–Crippen MR) is 46.0 cm³/mol. The molecule has 2 aliphatic rings. The molecule has 2 aliphatic heterocycles. The Morgan fingerprint density at radius 1 is 1.14 bits per heavy atom. The molecule has 0 saturated carbocycles. The predicted octanol–water partition coefficient (Wildman–Crippen LogP) is 0.714. The van der Waals surface area contributed by atoms with Crippen LogP contribution in [0.25, 0.3) is 0 Å². The molecule has 0 aromatic heterocycles. The molecule has 0 aromatic carbocycles. The average Bonchev–Trinajstić information content (AvgIpc) is 2.98. The van der Waals surface area contributed by atoms with Crippen LogP contribution < -0.4 is 0 Å². The Kier molecular flexibility index (Phi) is 2.60. The highest BCUT2D eigenvalue weighted by molar-refractivity contribution is 5.60. The van der Waals surface area contributed by atoms with Crippen LogP contribution in [0.15, 0.2) is 0 Å². The van der Waals surface area contributed by atoms with Crippen molar-refractivity contribution < 1.29 is 23.7 Å². The van der Waals surface area contributed by atoms with Crippen molar-refractivity contribution in [2.24, 2.45) is 0 Å². The summed E-state index contributed by atoms with van der Waals surface area (Å²) in [6, 6.07) is 0. The zero-order valence-corrected chi connectivity index (χ0v) is 8.26. The number of rotatable bonds is 4. The Bertz CT molecular complexity index is 199. The van der Waals surface area contributed by atoms with E-state index < -0.39 is 6.16 Å². The summed E-state index contributed by atoms with van der Waals surface area (Å²) in [7, 11) is 0. The molecule has 0 N–H and O–H groups in total. The molecule has 0 amide bonds. The topological polar surface area (TPSA) is 60.6 Å². The number of epoxide rings is 2. The van der Waals surface area contributed by atoms with Gasteiger partial charge in [0.05, 0.1) is 13.2 Å². The minimum atomic E-state index is -0.643. The minimum absolute atomic E-state index is 0.0510. The van der Waals surface area contributed by atoms with Crippen molar-refractivity contribution in [1.82, 2.24) is 0 Å². The quantitative estimate of drug-likeness (QED) is 0.496. The molecular weight excluding hydrogens is 188 g/mol. The van der Waals surface area contributed by atoms with Crippen LogP contribution in [0.5, 0.6) is 0 Å². The van der Waals surface area contributed by atoms with Crippen molar-refractivity contribution in [2.75, 3.05) is 13.2 Å². The van der Waals surface area contributed by atoms with Gasteiger partial charge in [0.25, 0.3) is 0 Å². The lowest BCUT2D eigenvalue weighted by Gasteiger charge is -2.13. The van der Waals surface area contributed by atoms with Crippen molar-refractivity contribution in [2.45, 2.75) is 38.3 Å². The highest BCUT2D eigenvalue weighted by Gasteiger charge is 2.35. The second kappa shape index (κ2) is 3.74. The van der Waals surface area contributed by atoms with Crippen molar-refractivity contribution in [1.29, 1.82) is 0 Å². The van der Waals surface area contributed by atoms with E-state index in [0.717, 1.165) is 0 Å². The first kappa shape index (κ1) is 9.73. The summed E-state index contributed by atoms with van der Waals surface area (Å²) in [5.41, 5.74) is 0. The fourth-order valence-electron chi connectivity index (χ4n) is 1.14. The summed E-state index contributed by atoms with van der Waals surface area (Å²) in [5.74, 6) is 0. The van der Waals surface area contributed by atoms with Crippen LogP contribution in [0.3, 0.4) is 0 Å². The maximum atomic E-state index is 11.2. The molecule has 14 heavy (non-hydrogen) atoms. The van der Waals surface area contributed by atoms with Crippen LogP contribution in [0.1, 0.15) is 13.8 Å². The lowest BCUT2D eigenvalue weighted by Crippen LogP contribution is -2.26. The first-order valence-corrected chi connectivity index (χ1v) is 4.77. The van der Waals surface area contributed by atoms with E-state index in [1.54, 1.807) is 13.8 Å². The molecule has 4 atom stereocenters. The summed E-state index contributed by atoms with van der Waals surface area (Å²) in [5, 5.41) is 0. The molecule has 2 heterocycles. The molecule has 0 spiro atoms. The third-order valence-electron chi connectivity index (χ3n) is 2.33. The summed E-state index contributed by atoms with van der Waals surface area (Å²) >= 11 is 0. The zero-order valence-electron chi connectivity index (χ0n) is 8.26. The monoisotopic (exact) mass is 202 g/mol. The number of hydrogen-bond acceptors (Lipinski definition) is 5. The van der Waals surface area contributed by atoms with Crippen molar-refractivity contribution in [3.8, 4) is 0 Å². The van der Waals surface area contributed by atoms with Gasteiger partial charge in [-0.15, -0.1) is 0 Å². The smallest absolute Gasteiger partial charge is 0.428 e. The van der Waals surface area contributed by atoms with Gasteiger partial charge >= 0.3 is 6.16 Å². The third kappa shape index (κ3) is 2.59. The first-order chi connectivity index (χ1) is 6.66. The second-order valence-electron chi connectivity index (χ2n) is 3.64. The Hall–Kier alpha value is -0.810. The van der Waals surface area contributed by atoms with Gasteiger partial charge in [0.1, 0.15) is 24.4 Å². The van der Waals surface area contributed by atoms with Gasteiger partial charge in [0.2, 0.25) is 0 Å². The number of carbonyl (C=O) groups excluding carboxylic acids is 1. The van der Waals surface area contributed by atoms with Crippen molar-refractivity contribution in [3.63, 3.8) is 0 Å². The Morgan fingerprint density at radius 3 is 1.79 bits per heavy atom. The molecule has 2 fully saturated rings. The van der Waals surface area contributed by atoms with E-state index in [1.165, 1.54) is 0 Å². The molecule has 4 unspecified atom stereocenters. The zero-order chi connectivity index (χ0) is 10.1. The molecule has 80 valence electrons. The van der Waals surface area contributed by atoms with E-state index in [0.29, 0.717) is 13.2 Å². The van der Waals surface area contributed by atoms with Gasteiger partial charge in [-0.1, -0.05) is 0 Å². The van der Waals surface area contributed by atoms with Crippen LogP contribution in [0.2, 0.25) is 0 Å². The van der Waals surface area contributed by atoms with Crippen LogP contribution in [-0.4, -0.2) is 43.8 Å². The summed E-state index contributed by atoms with van der Waals surface area (Å²) < 4.78 is 19.9. The molecule has 0 aliphatic carbocycles. The SMILES string of the molecule is CC(OC(=O)OC(C)C1CO1)C1CO1. The van der Waals surface area contributed by atoms with Crippen LogP contribution in [0.4, 0.5) is 4.79 Å². The summed E-state index contributed by atoms with van der Waals surface area (Å²) in [4.78, 5) is 11.2. The molecular formula is C9H14O5. The fourth-order valence-corrected chi connectivity index (χ4v) is 1.14. The van der Waals surface area contributed by atoms with E-state index in [2.05, 4.69) is 0 Å². The van der Waals surface area contributed by atoms with Gasteiger partial charge in [-0.25, -0.2) is 4.79 Å². The van der Waals surface area contributed by atoms with Gasteiger partial charge in [0, 0.05) is 0 Å². The maximum absolute atomic E-state index is 11.2. The van der Waals surface area contributed by atoms with E-state index in [9.17, 15) is 4.79 Å². The molecule has 0 radical (unpaired) electrons. The maximum Gasteiger partial charge on any atom is 0.508 e. The van der Waals surface area contributed by atoms with Gasteiger partial charge in [0.15, 0.2) is 0 Å². The Morgan fingerprint density at radius 2 is 1.50 bits per heavy atom. The minimum Gasteiger partial charge on any atom is -0.428 e. The molecule has 2 rings (SSSR count). The molecule has 2 saturated heterocycles. The highest BCUT2D eigenvalue weighted by atomic mass is 16.7. The third-order valence-corrected chi connectivity index (χ3v) is 2.33. The lowest BCUT2D eigenvalue weighted by atomic mass is 10.3. The van der Waals surface area contributed by atoms with Gasteiger partial charge in [-0.2, -0.15) is 0 Å². The average molecular weight is 202 g/mol. The first-order valence-electron chi connectivity index (χ1n) is 4.77. The molecule has 5 heteroatoms. The van der Waals surface area contributed by atoms with Gasteiger partial charge < -0.3 is 18.9 Å². The number of carbonyl (C=O) groups is 1. The largest absolute Gasteiger partial charge is 0.508 e. The van der Waals surface area contributed by atoms with E-state index in [1.807, 2.05) is 0 Å². The van der Waals surface area contributed by atoms with Crippen LogP contribution in [0, 0.1) is 0 Å². The van der Waals surface area contributed by atoms with Gasteiger partial charge in [-0.05, 0) is 13.8 Å². The van der Waals surface area contributed by atoms with Crippen LogP contribution in [-0.2, 0) is 18.9 Å². The second-order valence-corrected chi connectivity index (χ2v) is 3.64. The van der Waals surface area contributed by atoms with E-state index in [4.69, 9.17) is 18.9 Å². The van der Waals surface area contributed by atoms with E-state index in [-0.39, 0.29) is 24.4 Å². The van der Waals surface area contributed by atoms with Crippen LogP contribution >= 0.6 is 0 Å². The number of hydrogen-bond donors (Lipinski definition) is 0. The van der Waals surface area contributed by atoms with Gasteiger partial charge in [-0.3, -0.25) is 0 Å². The molecule has 0 aromatic rings.